The number of hydrogen-bond acceptors (Lipinski definition) is 3. The van der Waals surface area contributed by atoms with Gasteiger partial charge in [-0.2, -0.15) is 0 Å². The minimum Gasteiger partial charge on any atom is -0.389 e. The number of rotatable bonds is 8. The van der Waals surface area contributed by atoms with Crippen LogP contribution in [0.25, 0.3) is 0 Å². The maximum Gasteiger partial charge on any atom is 0.243 e. The van der Waals surface area contributed by atoms with Crippen LogP contribution < -0.4 is 5.32 Å². The van der Waals surface area contributed by atoms with Gasteiger partial charge in [0.2, 0.25) is 5.91 Å². The highest BCUT2D eigenvalue weighted by Gasteiger charge is 2.42. The van der Waals surface area contributed by atoms with Crippen LogP contribution in [0.3, 0.4) is 0 Å². The zero-order valence-electron chi connectivity index (χ0n) is 13.8. The van der Waals surface area contributed by atoms with Crippen molar-refractivity contribution in [2.24, 2.45) is 0 Å². The Morgan fingerprint density at radius 1 is 1.45 bits per heavy atom. The maximum absolute atomic E-state index is 11.0. The van der Waals surface area contributed by atoms with E-state index in [0.717, 1.165) is 6.42 Å². The Balaban J connectivity index is 4.39. The Hall–Kier alpha value is -0.653. The number of ether oxygens (including phenoxy) is 1. The molecule has 4 nitrogen and oxygen atoms in total. The first kappa shape index (κ1) is 19.3. The van der Waals surface area contributed by atoms with E-state index in [1.54, 1.807) is 0 Å². The first-order valence-electron chi connectivity index (χ1n) is 7.26. The topological polar surface area (TPSA) is 58.6 Å². The number of carbonyl (C=O) groups is 1. The summed E-state index contributed by atoms with van der Waals surface area (Å²) >= 11 is 0. The lowest BCUT2D eigenvalue weighted by Gasteiger charge is -2.42. The van der Waals surface area contributed by atoms with E-state index >= 15 is 0 Å². The third kappa shape index (κ3) is 5.77. The van der Waals surface area contributed by atoms with Crippen molar-refractivity contribution >= 4 is 14.0 Å². The zero-order valence-corrected chi connectivity index (χ0v) is 14.8. The number of aliphatic hydroxyl groups is 1. The lowest BCUT2D eigenvalue weighted by Crippen LogP contribution is -2.51. The predicted molar refractivity (Wildman–Crippen MR) is 86.4 cm³/mol. The number of amides is 1. The van der Waals surface area contributed by atoms with E-state index in [2.05, 4.69) is 52.7 Å². The average molecular weight is 302 g/mol. The summed E-state index contributed by atoms with van der Waals surface area (Å²) in [4.78, 5) is 11.0. The molecule has 0 spiro atoms. The van der Waals surface area contributed by atoms with Crippen LogP contribution >= 0.6 is 0 Å². The lowest BCUT2D eigenvalue weighted by atomic mass is 10.2. The van der Waals surface area contributed by atoms with E-state index in [1.165, 1.54) is 6.08 Å². The number of carbonyl (C=O) groups excluding carboxylic acids is 1. The molecule has 0 bridgehead atoms. The molecule has 0 aromatic rings. The monoisotopic (exact) mass is 301 g/mol. The molecule has 1 amide bonds. The Morgan fingerprint density at radius 3 is 2.40 bits per heavy atom. The van der Waals surface area contributed by atoms with Crippen molar-refractivity contribution in [2.75, 3.05) is 13.2 Å². The largest absolute Gasteiger partial charge is 0.389 e. The molecule has 0 aliphatic rings. The van der Waals surface area contributed by atoms with E-state index in [0.29, 0.717) is 0 Å². The molecular formula is C15H31NO3Si. The number of nitrogens with one attached hydrogen (secondary N) is 1. The minimum absolute atomic E-state index is 0.193. The van der Waals surface area contributed by atoms with Crippen LogP contribution in [0.15, 0.2) is 12.7 Å². The summed E-state index contributed by atoms with van der Waals surface area (Å²) in [6.07, 6.45) is 1.46. The standard InChI is InChI=1S/C15H31NO3Si/c1-8-13(18)16-10-12(17)11-19-14(9-2)20(6,7)15(3,4)5/h8,12,14,17H,1,9-11H2,2-7H3,(H,16,18). The van der Waals surface area contributed by atoms with Gasteiger partial charge >= 0.3 is 0 Å². The van der Waals surface area contributed by atoms with E-state index in [9.17, 15) is 9.90 Å². The fourth-order valence-electron chi connectivity index (χ4n) is 1.90. The van der Waals surface area contributed by atoms with Gasteiger partial charge < -0.3 is 15.2 Å². The van der Waals surface area contributed by atoms with Gasteiger partial charge in [0, 0.05) is 12.3 Å². The molecule has 2 atom stereocenters. The lowest BCUT2D eigenvalue weighted by molar-refractivity contribution is -0.117. The van der Waals surface area contributed by atoms with Gasteiger partial charge in [-0.05, 0) is 17.5 Å². The Labute approximate surface area is 124 Å². The summed E-state index contributed by atoms with van der Waals surface area (Å²) in [5, 5.41) is 12.7. The van der Waals surface area contributed by atoms with Crippen LogP contribution in [-0.4, -0.2) is 44.1 Å². The molecule has 0 heterocycles. The van der Waals surface area contributed by atoms with Crippen molar-refractivity contribution in [3.05, 3.63) is 12.7 Å². The Morgan fingerprint density at radius 2 is 2.00 bits per heavy atom. The first-order chi connectivity index (χ1) is 9.06. The van der Waals surface area contributed by atoms with Crippen LogP contribution in [0, 0.1) is 0 Å². The van der Waals surface area contributed by atoms with Crippen molar-refractivity contribution < 1.29 is 14.6 Å². The van der Waals surface area contributed by atoms with Gasteiger partial charge in [-0.3, -0.25) is 4.79 Å². The van der Waals surface area contributed by atoms with Gasteiger partial charge in [0.25, 0.3) is 0 Å². The SMILES string of the molecule is C=CC(=O)NCC(O)COC(CC)[Si](C)(C)C(C)(C)C. The summed E-state index contributed by atoms with van der Waals surface area (Å²) in [6.45, 7) is 17.4. The third-order valence-corrected chi connectivity index (χ3v) is 10.3. The minimum atomic E-state index is -1.59. The molecule has 0 saturated carbocycles. The molecule has 0 aliphatic heterocycles. The maximum atomic E-state index is 11.0. The summed E-state index contributed by atoms with van der Waals surface area (Å²) in [5.74, 6) is -0.277. The molecule has 0 saturated heterocycles. The van der Waals surface area contributed by atoms with Crippen LogP contribution in [0.4, 0.5) is 0 Å². The van der Waals surface area contributed by atoms with Gasteiger partial charge in [0.15, 0.2) is 0 Å². The summed E-state index contributed by atoms with van der Waals surface area (Å²) in [5.41, 5.74) is 0.201. The zero-order chi connectivity index (χ0) is 16.0. The van der Waals surface area contributed by atoms with Gasteiger partial charge in [-0.1, -0.05) is 47.4 Å². The normalized spacial score (nSPS) is 15.6. The smallest absolute Gasteiger partial charge is 0.243 e. The molecule has 0 radical (unpaired) electrons. The summed E-state index contributed by atoms with van der Waals surface area (Å²) in [6, 6.07) is 0. The molecule has 2 unspecified atom stereocenters. The second-order valence-electron chi connectivity index (χ2n) is 6.81. The molecular weight excluding hydrogens is 270 g/mol. The van der Waals surface area contributed by atoms with Crippen molar-refractivity contribution in [3.63, 3.8) is 0 Å². The second kappa shape index (κ2) is 7.95. The number of aliphatic hydroxyl groups excluding tert-OH is 1. The van der Waals surface area contributed by atoms with Crippen molar-refractivity contribution in [1.29, 1.82) is 0 Å². The molecule has 0 aromatic heterocycles. The molecule has 0 fully saturated rings. The summed E-state index contributed by atoms with van der Waals surface area (Å²) in [7, 11) is -1.59. The molecule has 2 N–H and O–H groups in total. The van der Waals surface area contributed by atoms with E-state index in [-0.39, 0.29) is 29.8 Å². The summed E-state index contributed by atoms with van der Waals surface area (Å²) < 4.78 is 5.94. The molecule has 0 aliphatic carbocycles. The van der Waals surface area contributed by atoms with Gasteiger partial charge in [0.1, 0.15) is 0 Å². The average Bonchev–Trinajstić information content (AvgIpc) is 2.34. The molecule has 118 valence electrons. The Kier molecular flexibility index (Phi) is 7.69. The van der Waals surface area contributed by atoms with E-state index < -0.39 is 14.2 Å². The van der Waals surface area contributed by atoms with Crippen molar-refractivity contribution in [2.45, 2.75) is 64.1 Å². The van der Waals surface area contributed by atoms with Crippen LogP contribution in [0.2, 0.25) is 18.1 Å². The highest BCUT2D eigenvalue weighted by Crippen LogP contribution is 2.39. The highest BCUT2D eigenvalue weighted by atomic mass is 28.3. The Bertz CT molecular complexity index is 324. The van der Waals surface area contributed by atoms with Gasteiger partial charge in [-0.15, -0.1) is 0 Å². The van der Waals surface area contributed by atoms with Gasteiger partial charge in [-0.25, -0.2) is 0 Å². The third-order valence-electron chi connectivity index (χ3n) is 4.30. The molecule has 20 heavy (non-hydrogen) atoms. The molecule has 0 rings (SSSR count). The fraction of sp³-hybridized carbons (Fsp3) is 0.800. The molecule has 0 aromatic carbocycles. The first-order valence-corrected chi connectivity index (χ1v) is 10.3. The number of hydrogen-bond donors (Lipinski definition) is 2. The van der Waals surface area contributed by atoms with E-state index in [4.69, 9.17) is 4.74 Å². The van der Waals surface area contributed by atoms with Crippen LogP contribution in [0.1, 0.15) is 34.1 Å². The highest BCUT2D eigenvalue weighted by molar-refractivity contribution is 6.81. The van der Waals surface area contributed by atoms with E-state index in [1.807, 2.05) is 0 Å². The van der Waals surface area contributed by atoms with Crippen molar-refractivity contribution in [3.8, 4) is 0 Å². The van der Waals surface area contributed by atoms with Crippen molar-refractivity contribution in [1.82, 2.24) is 5.32 Å². The second-order valence-corrected chi connectivity index (χ2v) is 12.4. The van der Waals surface area contributed by atoms with Gasteiger partial charge in [0.05, 0.1) is 20.8 Å². The van der Waals surface area contributed by atoms with Crippen LogP contribution in [0.5, 0.6) is 0 Å². The van der Waals surface area contributed by atoms with Crippen LogP contribution in [-0.2, 0) is 9.53 Å². The quantitative estimate of drug-likeness (QED) is 0.535. The predicted octanol–water partition coefficient (Wildman–Crippen LogP) is 2.49. The fourth-order valence-corrected chi connectivity index (χ4v) is 4.40. The molecule has 5 heteroatoms.